The zero-order chi connectivity index (χ0) is 13.9. The fraction of sp³-hybridized carbons (Fsp3) is 0.286. The minimum absolute atomic E-state index is 0. The Morgan fingerprint density at radius 1 is 1.38 bits per heavy atom. The average Bonchev–Trinajstić information content (AvgIpc) is 3.09. The van der Waals surface area contributed by atoms with Crippen LogP contribution >= 0.6 is 12.4 Å². The van der Waals surface area contributed by atoms with Crippen molar-refractivity contribution >= 4 is 24.0 Å². The SMILES string of the molecule is Cl.O=C(Nc1cnn(-c2ccccc2)c1)[C@H]1C[C@H](F)CN1. The van der Waals surface area contributed by atoms with Crippen molar-refractivity contribution in [2.45, 2.75) is 18.6 Å². The van der Waals surface area contributed by atoms with Crippen molar-refractivity contribution in [3.8, 4) is 5.69 Å². The first kappa shape index (κ1) is 15.5. The number of hydrogen-bond donors (Lipinski definition) is 2. The molecule has 0 aliphatic carbocycles. The third-order valence-corrected chi connectivity index (χ3v) is 3.26. The summed E-state index contributed by atoms with van der Waals surface area (Å²) in [7, 11) is 0. The standard InChI is InChI=1S/C14H15FN4O.ClH/c15-10-6-13(16-7-10)14(20)18-11-8-17-19(9-11)12-4-2-1-3-5-12;/h1-5,8-10,13,16H,6-7H2,(H,18,20);1H/t10-,13+;/m0./s1. The van der Waals surface area contributed by atoms with Crippen molar-refractivity contribution in [2.24, 2.45) is 0 Å². The third-order valence-electron chi connectivity index (χ3n) is 3.26. The van der Waals surface area contributed by atoms with Crippen molar-refractivity contribution in [1.82, 2.24) is 15.1 Å². The minimum atomic E-state index is -0.946. The second kappa shape index (κ2) is 6.69. The molecule has 1 aromatic carbocycles. The first-order chi connectivity index (χ1) is 9.72. The number of carbonyl (C=O) groups excluding carboxylic acids is 1. The lowest BCUT2D eigenvalue weighted by Crippen LogP contribution is -2.35. The number of rotatable bonds is 3. The largest absolute Gasteiger partial charge is 0.322 e. The predicted molar refractivity (Wildman–Crippen MR) is 80.7 cm³/mol. The molecule has 5 nitrogen and oxygen atoms in total. The quantitative estimate of drug-likeness (QED) is 0.911. The molecule has 2 N–H and O–H groups in total. The fourth-order valence-corrected chi connectivity index (χ4v) is 2.23. The zero-order valence-corrected chi connectivity index (χ0v) is 12.0. The molecular weight excluding hydrogens is 295 g/mol. The lowest BCUT2D eigenvalue weighted by Gasteiger charge is -2.08. The van der Waals surface area contributed by atoms with E-state index >= 15 is 0 Å². The number of halogens is 2. The number of nitrogens with one attached hydrogen (secondary N) is 2. The van der Waals surface area contributed by atoms with Crippen molar-refractivity contribution in [3.63, 3.8) is 0 Å². The van der Waals surface area contributed by atoms with Crippen LogP contribution in [0.2, 0.25) is 0 Å². The van der Waals surface area contributed by atoms with E-state index in [9.17, 15) is 9.18 Å². The van der Waals surface area contributed by atoms with E-state index < -0.39 is 12.2 Å². The summed E-state index contributed by atoms with van der Waals surface area (Å²) in [5.74, 6) is -0.224. The average molecular weight is 311 g/mol. The second-order valence-electron chi connectivity index (χ2n) is 4.79. The van der Waals surface area contributed by atoms with Crippen molar-refractivity contribution in [2.75, 3.05) is 11.9 Å². The van der Waals surface area contributed by atoms with Crippen LogP contribution in [0, 0.1) is 0 Å². The highest BCUT2D eigenvalue weighted by Crippen LogP contribution is 2.14. The highest BCUT2D eigenvalue weighted by Gasteiger charge is 2.29. The van der Waals surface area contributed by atoms with Crippen LogP contribution in [-0.2, 0) is 4.79 Å². The summed E-state index contributed by atoms with van der Waals surface area (Å²) < 4.78 is 14.7. The van der Waals surface area contributed by atoms with Crippen LogP contribution in [0.3, 0.4) is 0 Å². The molecule has 1 aliphatic heterocycles. The number of anilines is 1. The number of nitrogens with zero attached hydrogens (tertiary/aromatic N) is 2. The topological polar surface area (TPSA) is 59.0 Å². The molecule has 0 spiro atoms. The Morgan fingerprint density at radius 2 is 2.14 bits per heavy atom. The third kappa shape index (κ3) is 3.59. The fourth-order valence-electron chi connectivity index (χ4n) is 2.23. The first-order valence-corrected chi connectivity index (χ1v) is 6.51. The summed E-state index contributed by atoms with van der Waals surface area (Å²) in [6.07, 6.45) is 2.58. The van der Waals surface area contributed by atoms with E-state index in [1.807, 2.05) is 30.3 Å². The zero-order valence-electron chi connectivity index (χ0n) is 11.2. The van der Waals surface area contributed by atoms with E-state index in [2.05, 4.69) is 15.7 Å². The molecule has 1 aliphatic rings. The molecule has 0 unspecified atom stereocenters. The number of benzene rings is 1. The minimum Gasteiger partial charge on any atom is -0.322 e. The highest BCUT2D eigenvalue weighted by atomic mass is 35.5. The maximum atomic E-state index is 13.0. The molecule has 0 bridgehead atoms. The monoisotopic (exact) mass is 310 g/mol. The lowest BCUT2D eigenvalue weighted by atomic mass is 10.2. The number of para-hydroxylation sites is 1. The van der Waals surface area contributed by atoms with Crippen LogP contribution in [0.4, 0.5) is 10.1 Å². The van der Waals surface area contributed by atoms with E-state index in [-0.39, 0.29) is 31.3 Å². The van der Waals surface area contributed by atoms with Gasteiger partial charge in [0.1, 0.15) is 6.17 Å². The van der Waals surface area contributed by atoms with E-state index in [4.69, 9.17) is 0 Å². The molecule has 3 rings (SSSR count). The van der Waals surface area contributed by atoms with Gasteiger partial charge in [0.25, 0.3) is 0 Å². The van der Waals surface area contributed by atoms with Gasteiger partial charge in [-0.15, -0.1) is 12.4 Å². The van der Waals surface area contributed by atoms with Crippen molar-refractivity contribution < 1.29 is 9.18 Å². The van der Waals surface area contributed by atoms with Crippen LogP contribution in [0.15, 0.2) is 42.7 Å². The van der Waals surface area contributed by atoms with Gasteiger partial charge < -0.3 is 10.6 Å². The Labute approximate surface area is 127 Å². The first-order valence-electron chi connectivity index (χ1n) is 6.51. The molecule has 1 amide bonds. The number of aromatic nitrogens is 2. The van der Waals surface area contributed by atoms with Crippen LogP contribution in [-0.4, -0.2) is 34.4 Å². The molecule has 1 aromatic heterocycles. The van der Waals surface area contributed by atoms with Crippen LogP contribution < -0.4 is 10.6 Å². The Hall–Kier alpha value is -1.92. The van der Waals surface area contributed by atoms with Gasteiger partial charge in [0, 0.05) is 13.0 Å². The van der Waals surface area contributed by atoms with Gasteiger partial charge in [-0.25, -0.2) is 9.07 Å². The maximum Gasteiger partial charge on any atom is 0.241 e. The Kier molecular flexibility index (Phi) is 4.93. The van der Waals surface area contributed by atoms with E-state index in [1.54, 1.807) is 17.1 Å². The molecule has 2 atom stereocenters. The molecule has 21 heavy (non-hydrogen) atoms. The summed E-state index contributed by atoms with van der Waals surface area (Å²) in [5, 5.41) is 9.78. The molecule has 2 aromatic rings. The molecule has 7 heteroatoms. The normalized spacial score (nSPS) is 20.8. The number of alkyl halides is 1. The van der Waals surface area contributed by atoms with E-state index in [0.29, 0.717) is 5.69 Å². The van der Waals surface area contributed by atoms with Gasteiger partial charge in [-0.3, -0.25) is 4.79 Å². The van der Waals surface area contributed by atoms with Gasteiger partial charge in [-0.1, -0.05) is 18.2 Å². The maximum absolute atomic E-state index is 13.0. The molecule has 1 saturated heterocycles. The van der Waals surface area contributed by atoms with Crippen LogP contribution in [0.5, 0.6) is 0 Å². The molecule has 112 valence electrons. The molecular formula is C14H16ClFN4O. The summed E-state index contributed by atoms with van der Waals surface area (Å²) >= 11 is 0. The Morgan fingerprint density at radius 3 is 2.81 bits per heavy atom. The van der Waals surface area contributed by atoms with Crippen LogP contribution in [0.1, 0.15) is 6.42 Å². The van der Waals surface area contributed by atoms with Crippen LogP contribution in [0.25, 0.3) is 5.69 Å². The second-order valence-corrected chi connectivity index (χ2v) is 4.79. The van der Waals surface area contributed by atoms with Gasteiger partial charge in [-0.2, -0.15) is 5.10 Å². The highest BCUT2D eigenvalue weighted by molar-refractivity contribution is 5.94. The Balaban J connectivity index is 0.00000161. The number of amides is 1. The molecule has 0 radical (unpaired) electrons. The van der Waals surface area contributed by atoms with Gasteiger partial charge in [0.15, 0.2) is 0 Å². The summed E-state index contributed by atoms with van der Waals surface area (Å²) in [6, 6.07) is 9.13. The smallest absolute Gasteiger partial charge is 0.241 e. The Bertz CT molecular complexity index is 604. The number of hydrogen-bond acceptors (Lipinski definition) is 3. The number of carbonyl (C=O) groups is 1. The molecule has 0 saturated carbocycles. The van der Waals surface area contributed by atoms with Crippen molar-refractivity contribution in [3.05, 3.63) is 42.7 Å². The van der Waals surface area contributed by atoms with Gasteiger partial charge in [-0.05, 0) is 12.1 Å². The lowest BCUT2D eigenvalue weighted by molar-refractivity contribution is -0.117. The summed E-state index contributed by atoms with van der Waals surface area (Å²) in [4.78, 5) is 11.9. The summed E-state index contributed by atoms with van der Waals surface area (Å²) in [5.41, 5.74) is 1.51. The van der Waals surface area contributed by atoms with Gasteiger partial charge in [0.05, 0.1) is 29.8 Å². The predicted octanol–water partition coefficient (Wildman–Crippen LogP) is 1.93. The van der Waals surface area contributed by atoms with Crippen molar-refractivity contribution in [1.29, 1.82) is 0 Å². The van der Waals surface area contributed by atoms with Gasteiger partial charge in [0.2, 0.25) is 5.91 Å². The van der Waals surface area contributed by atoms with E-state index in [1.165, 1.54) is 0 Å². The molecule has 1 fully saturated rings. The van der Waals surface area contributed by atoms with E-state index in [0.717, 1.165) is 5.69 Å². The summed E-state index contributed by atoms with van der Waals surface area (Å²) in [6.45, 7) is 0.237. The molecule has 2 heterocycles. The van der Waals surface area contributed by atoms with Gasteiger partial charge >= 0.3 is 0 Å².